The van der Waals surface area contributed by atoms with Gasteiger partial charge in [-0.2, -0.15) is 0 Å². The molecule has 0 spiro atoms. The highest BCUT2D eigenvalue weighted by Crippen LogP contribution is 2.13. The number of halogens is 1. The van der Waals surface area contributed by atoms with E-state index in [0.717, 1.165) is 0 Å². The van der Waals surface area contributed by atoms with Crippen molar-refractivity contribution in [3.8, 4) is 0 Å². The monoisotopic (exact) mass is 362 g/mol. The first-order valence-corrected chi connectivity index (χ1v) is 13.0. The van der Waals surface area contributed by atoms with Crippen LogP contribution in [0.2, 0.25) is 13.1 Å². The summed E-state index contributed by atoms with van der Waals surface area (Å²) in [5.74, 6) is 0. The summed E-state index contributed by atoms with van der Waals surface area (Å²) >= 11 is 0. The lowest BCUT2D eigenvalue weighted by Crippen LogP contribution is -3.00. The molecule has 23 heavy (non-hydrogen) atoms. The van der Waals surface area contributed by atoms with Crippen LogP contribution < -0.4 is 17.4 Å². The smallest absolute Gasteiger partial charge is 0.326 e. The quantitative estimate of drug-likeness (QED) is 0.285. The summed E-state index contributed by atoms with van der Waals surface area (Å²) in [4.78, 5) is 2.56. The standard InChI is InChI=1S/C20H45NSi.ClH/c1-4-5-6-7-8-9-10-11-12-13-14-15-16-17-18-19-20-21-22(2)3;/h4-21H2,1-3H3;1H/q+1;/p-1. The van der Waals surface area contributed by atoms with E-state index in [2.05, 4.69) is 25.0 Å². The fraction of sp³-hybridized carbons (Fsp3) is 1.00. The van der Waals surface area contributed by atoms with Crippen LogP contribution in [0, 0.1) is 0 Å². The summed E-state index contributed by atoms with van der Waals surface area (Å²) in [6, 6.07) is 0. The van der Waals surface area contributed by atoms with E-state index in [-0.39, 0.29) is 21.4 Å². The highest BCUT2D eigenvalue weighted by atomic mass is 35.5. The van der Waals surface area contributed by atoms with Gasteiger partial charge in [-0.05, 0) is 25.9 Å². The zero-order chi connectivity index (χ0) is 16.3. The molecule has 0 saturated heterocycles. The topological polar surface area (TPSA) is 16.6 Å². The average Bonchev–Trinajstić information content (AvgIpc) is 2.50. The molecule has 1 radical (unpaired) electrons. The zero-order valence-corrected chi connectivity index (χ0v) is 18.2. The molecular weight excluding hydrogens is 318 g/mol. The lowest BCUT2D eigenvalue weighted by Gasteiger charge is -2.04. The van der Waals surface area contributed by atoms with E-state index in [4.69, 9.17) is 0 Å². The molecule has 0 rings (SSSR count). The normalized spacial score (nSPS) is 11.0. The number of quaternary nitrogens is 1. The van der Waals surface area contributed by atoms with Crippen LogP contribution in [0.25, 0.3) is 0 Å². The maximum absolute atomic E-state index is 2.56. The van der Waals surface area contributed by atoms with Crippen LogP contribution in [0.3, 0.4) is 0 Å². The summed E-state index contributed by atoms with van der Waals surface area (Å²) in [6.45, 7) is 8.44. The minimum Gasteiger partial charge on any atom is -1.00 e. The SMILES string of the molecule is CCCCCCCCCCCCCCCCCC[NH2+][Si](C)C.[Cl-]. The summed E-state index contributed by atoms with van der Waals surface area (Å²) < 4.78 is 0. The van der Waals surface area contributed by atoms with E-state index >= 15 is 0 Å². The molecule has 2 N–H and O–H groups in total. The van der Waals surface area contributed by atoms with E-state index < -0.39 is 0 Å². The Morgan fingerprint density at radius 1 is 0.522 bits per heavy atom. The van der Waals surface area contributed by atoms with Crippen LogP contribution >= 0.6 is 0 Å². The summed E-state index contributed by atoms with van der Waals surface area (Å²) in [6.07, 6.45) is 23.5. The maximum Gasteiger partial charge on any atom is 0.326 e. The van der Waals surface area contributed by atoms with Crippen LogP contribution in [-0.2, 0) is 0 Å². The lowest BCUT2D eigenvalue weighted by molar-refractivity contribution is -0.522. The van der Waals surface area contributed by atoms with Crippen LogP contribution in [-0.4, -0.2) is 15.5 Å². The summed E-state index contributed by atoms with van der Waals surface area (Å²) in [7, 11) is -0.0796. The Labute approximate surface area is 155 Å². The number of unbranched alkanes of at least 4 members (excludes halogenated alkanes) is 15. The summed E-state index contributed by atoms with van der Waals surface area (Å²) in [5.41, 5.74) is 0. The van der Waals surface area contributed by atoms with Crippen molar-refractivity contribution in [3.63, 3.8) is 0 Å². The molecule has 3 heteroatoms. The van der Waals surface area contributed by atoms with E-state index in [1.165, 1.54) is 109 Å². The van der Waals surface area contributed by atoms with Gasteiger partial charge >= 0.3 is 8.96 Å². The molecule has 0 aliphatic heterocycles. The minimum absolute atomic E-state index is 0. The Balaban J connectivity index is 0. The lowest BCUT2D eigenvalue weighted by atomic mass is 10.0. The van der Waals surface area contributed by atoms with Crippen molar-refractivity contribution >= 4 is 8.96 Å². The Morgan fingerprint density at radius 2 is 0.826 bits per heavy atom. The predicted molar refractivity (Wildman–Crippen MR) is 104 cm³/mol. The molecule has 141 valence electrons. The van der Waals surface area contributed by atoms with Crippen molar-refractivity contribution < 1.29 is 17.4 Å². The third-order valence-electron chi connectivity index (χ3n) is 4.61. The molecule has 0 aromatic rings. The van der Waals surface area contributed by atoms with E-state index in [1.54, 1.807) is 0 Å². The maximum atomic E-state index is 2.56. The Bertz CT molecular complexity index is 200. The van der Waals surface area contributed by atoms with Gasteiger partial charge in [0, 0.05) is 0 Å². The van der Waals surface area contributed by atoms with Gasteiger partial charge in [-0.3, -0.25) is 0 Å². The van der Waals surface area contributed by atoms with Crippen LogP contribution in [0.5, 0.6) is 0 Å². The van der Waals surface area contributed by atoms with Gasteiger partial charge in [-0.15, -0.1) is 0 Å². The van der Waals surface area contributed by atoms with Gasteiger partial charge in [0.05, 0.1) is 6.54 Å². The molecule has 0 fully saturated rings. The molecule has 0 atom stereocenters. The van der Waals surface area contributed by atoms with Gasteiger partial charge in [-0.25, -0.2) is 0 Å². The molecule has 1 nitrogen and oxygen atoms in total. The highest BCUT2D eigenvalue weighted by molar-refractivity contribution is 6.45. The van der Waals surface area contributed by atoms with Gasteiger partial charge in [0.1, 0.15) is 0 Å². The molecule has 0 aromatic heterocycles. The average molecular weight is 363 g/mol. The van der Waals surface area contributed by atoms with Crippen molar-refractivity contribution in [2.45, 2.75) is 123 Å². The van der Waals surface area contributed by atoms with Gasteiger partial charge in [-0.1, -0.05) is 96.8 Å². The first-order valence-electron chi connectivity index (χ1n) is 10.4. The molecule has 0 heterocycles. The second kappa shape index (κ2) is 22.5. The van der Waals surface area contributed by atoms with Crippen LogP contribution in [0.1, 0.15) is 110 Å². The molecular formula is C20H45ClNSi. The fourth-order valence-corrected chi connectivity index (χ4v) is 3.86. The summed E-state index contributed by atoms with van der Waals surface area (Å²) in [5, 5.41) is 0. The van der Waals surface area contributed by atoms with Crippen molar-refractivity contribution in [2.75, 3.05) is 6.54 Å². The number of nitrogens with two attached hydrogens (primary N) is 1. The Hall–Kier alpha value is 0.467. The van der Waals surface area contributed by atoms with Crippen molar-refractivity contribution in [1.29, 1.82) is 0 Å². The third kappa shape index (κ3) is 24.8. The zero-order valence-electron chi connectivity index (χ0n) is 16.5. The molecule has 0 aromatic carbocycles. The minimum atomic E-state index is -0.0796. The third-order valence-corrected chi connectivity index (χ3v) is 5.72. The van der Waals surface area contributed by atoms with E-state index in [0.29, 0.717) is 0 Å². The second-order valence-electron chi connectivity index (χ2n) is 7.37. The second-order valence-corrected chi connectivity index (χ2v) is 9.94. The van der Waals surface area contributed by atoms with Gasteiger partial charge in [0.15, 0.2) is 0 Å². The van der Waals surface area contributed by atoms with Gasteiger partial charge < -0.3 is 17.4 Å². The van der Waals surface area contributed by atoms with Gasteiger partial charge in [0.25, 0.3) is 0 Å². The van der Waals surface area contributed by atoms with Crippen LogP contribution in [0.15, 0.2) is 0 Å². The molecule has 0 saturated carbocycles. The van der Waals surface area contributed by atoms with Crippen molar-refractivity contribution in [2.24, 2.45) is 0 Å². The first-order chi connectivity index (χ1) is 10.8. The predicted octanol–water partition coefficient (Wildman–Crippen LogP) is 3.07. The highest BCUT2D eigenvalue weighted by Gasteiger charge is 2.00. The Kier molecular flexibility index (Phi) is 25.1. The molecule has 0 amide bonds. The van der Waals surface area contributed by atoms with Gasteiger partial charge in [0.2, 0.25) is 0 Å². The number of rotatable bonds is 18. The molecule has 0 aliphatic rings. The van der Waals surface area contributed by atoms with Crippen LogP contribution in [0.4, 0.5) is 0 Å². The van der Waals surface area contributed by atoms with Crippen molar-refractivity contribution in [1.82, 2.24) is 0 Å². The molecule has 0 bridgehead atoms. The number of hydrogen-bond donors (Lipinski definition) is 1. The van der Waals surface area contributed by atoms with Crippen molar-refractivity contribution in [3.05, 3.63) is 0 Å². The number of hydrogen-bond acceptors (Lipinski definition) is 0. The largest absolute Gasteiger partial charge is 1.00 e. The van der Waals surface area contributed by atoms with E-state index in [1.807, 2.05) is 0 Å². The Morgan fingerprint density at radius 3 is 1.13 bits per heavy atom. The fourth-order valence-electron chi connectivity index (χ4n) is 3.08. The molecule has 0 unspecified atom stereocenters. The van der Waals surface area contributed by atoms with E-state index in [9.17, 15) is 0 Å². The first kappa shape index (κ1) is 25.7. The molecule has 0 aliphatic carbocycles.